The maximum absolute atomic E-state index is 14.0. The smallest absolute Gasteiger partial charge is 0.270 e. The first kappa shape index (κ1) is 27.3. The zero-order valence-electron chi connectivity index (χ0n) is 22.5. The van der Waals surface area contributed by atoms with E-state index in [0.717, 1.165) is 23.7 Å². The monoisotopic (exact) mass is 528 g/mol. The molecular formula is C29H30F2N8. The number of alkyl halides is 2. The third kappa shape index (κ3) is 5.74. The van der Waals surface area contributed by atoms with Gasteiger partial charge in [-0.05, 0) is 55.3 Å². The molecule has 0 bridgehead atoms. The predicted octanol–water partition coefficient (Wildman–Crippen LogP) is 7.39. The molecule has 4 aromatic heterocycles. The van der Waals surface area contributed by atoms with Crippen LogP contribution in [-0.4, -0.2) is 29.9 Å². The maximum Gasteiger partial charge on any atom is 0.270 e. The summed E-state index contributed by atoms with van der Waals surface area (Å²) in [4.78, 5) is 24.8. The lowest BCUT2D eigenvalue weighted by molar-refractivity contribution is 0.0167. The van der Waals surface area contributed by atoms with Crippen LogP contribution in [0.15, 0.2) is 68.0 Å². The number of rotatable bonds is 7. The third-order valence-corrected chi connectivity index (χ3v) is 6.03. The summed E-state index contributed by atoms with van der Waals surface area (Å²) in [5.74, 6) is -2.37. The van der Waals surface area contributed by atoms with Gasteiger partial charge in [0.15, 0.2) is 5.65 Å². The van der Waals surface area contributed by atoms with E-state index in [-0.39, 0.29) is 5.56 Å². The Morgan fingerprint density at radius 2 is 1.77 bits per heavy atom. The number of aryl methyl sites for hydroxylation is 1. The fourth-order valence-electron chi connectivity index (χ4n) is 4.18. The number of imidazole rings is 1. The lowest BCUT2D eigenvalue weighted by atomic mass is 10.0. The van der Waals surface area contributed by atoms with Crippen molar-refractivity contribution >= 4 is 34.1 Å². The van der Waals surface area contributed by atoms with Crippen LogP contribution in [-0.2, 0) is 5.92 Å². The van der Waals surface area contributed by atoms with Gasteiger partial charge in [-0.1, -0.05) is 26.5 Å². The number of H-pyrrole nitrogens is 1. The number of benzene rings is 1. The number of anilines is 3. The zero-order valence-corrected chi connectivity index (χ0v) is 22.5. The number of fused-ring (bicyclic) bond motifs is 1. The molecular weight excluding hydrogens is 498 g/mol. The second-order valence-electron chi connectivity index (χ2n) is 8.70. The number of aromatic nitrogens is 6. The number of aromatic amines is 1. The summed E-state index contributed by atoms with van der Waals surface area (Å²) in [5, 5.41) is 6.60. The minimum Gasteiger partial charge on any atom is -0.354 e. The molecule has 1 aromatic carbocycles. The van der Waals surface area contributed by atoms with Crippen molar-refractivity contribution in [2.24, 2.45) is 0 Å². The van der Waals surface area contributed by atoms with Crippen molar-refractivity contribution in [3.05, 3.63) is 90.4 Å². The van der Waals surface area contributed by atoms with Crippen LogP contribution in [0, 0.1) is 13.8 Å². The van der Waals surface area contributed by atoms with Gasteiger partial charge in [-0.3, -0.25) is 4.98 Å². The van der Waals surface area contributed by atoms with Crippen molar-refractivity contribution in [3.63, 3.8) is 0 Å². The van der Waals surface area contributed by atoms with Crippen molar-refractivity contribution in [1.82, 2.24) is 29.9 Å². The number of pyridine rings is 2. The molecule has 0 atom stereocenters. The van der Waals surface area contributed by atoms with Gasteiger partial charge in [-0.2, -0.15) is 0 Å². The van der Waals surface area contributed by atoms with E-state index in [1.165, 1.54) is 18.6 Å². The second-order valence-corrected chi connectivity index (χ2v) is 8.70. The molecule has 0 aliphatic carbocycles. The topological polar surface area (TPSA) is 104 Å². The fraction of sp³-hybridized carbons (Fsp3) is 0.207. The highest BCUT2D eigenvalue weighted by atomic mass is 19.3. The number of halogens is 2. The van der Waals surface area contributed by atoms with Crippen LogP contribution in [0.3, 0.4) is 0 Å². The van der Waals surface area contributed by atoms with E-state index in [9.17, 15) is 8.78 Å². The molecule has 4 heterocycles. The fourth-order valence-corrected chi connectivity index (χ4v) is 4.18. The molecule has 0 radical (unpaired) electrons. The quantitative estimate of drug-likeness (QED) is 0.202. The summed E-state index contributed by atoms with van der Waals surface area (Å²) >= 11 is 0. The summed E-state index contributed by atoms with van der Waals surface area (Å²) in [6.45, 7) is 12.5. The zero-order chi connectivity index (χ0) is 28.2. The second kappa shape index (κ2) is 11.3. The molecule has 5 rings (SSSR count). The Labute approximate surface area is 225 Å². The molecule has 0 fully saturated rings. The van der Waals surface area contributed by atoms with E-state index in [2.05, 4.69) is 47.1 Å². The van der Waals surface area contributed by atoms with E-state index in [1.54, 1.807) is 19.4 Å². The Morgan fingerprint density at radius 3 is 2.54 bits per heavy atom. The van der Waals surface area contributed by atoms with Crippen LogP contribution in [0.25, 0.3) is 28.1 Å². The van der Waals surface area contributed by atoms with Crippen molar-refractivity contribution in [2.45, 2.75) is 40.5 Å². The molecule has 0 aliphatic rings. The van der Waals surface area contributed by atoms with Gasteiger partial charge >= 0.3 is 0 Å². The molecule has 200 valence electrons. The number of hydrogen-bond donors (Lipinski definition) is 3. The van der Waals surface area contributed by atoms with Crippen LogP contribution in [0.2, 0.25) is 0 Å². The molecule has 39 heavy (non-hydrogen) atoms. The molecule has 10 heteroatoms. The molecule has 3 N–H and O–H groups in total. The molecule has 0 amide bonds. The van der Waals surface area contributed by atoms with Crippen molar-refractivity contribution in [2.75, 3.05) is 10.6 Å². The first-order valence-corrected chi connectivity index (χ1v) is 12.5. The lowest BCUT2D eigenvalue weighted by Gasteiger charge is -2.18. The minimum atomic E-state index is -2.98. The van der Waals surface area contributed by atoms with Gasteiger partial charge in [0.1, 0.15) is 23.4 Å². The summed E-state index contributed by atoms with van der Waals surface area (Å²) in [6.07, 6.45) is 6.11. The van der Waals surface area contributed by atoms with Crippen molar-refractivity contribution in [1.29, 1.82) is 0 Å². The van der Waals surface area contributed by atoms with Crippen LogP contribution in [0.4, 0.5) is 26.0 Å². The van der Waals surface area contributed by atoms with Gasteiger partial charge < -0.3 is 15.6 Å². The third-order valence-electron chi connectivity index (χ3n) is 6.03. The first-order valence-electron chi connectivity index (χ1n) is 12.5. The largest absolute Gasteiger partial charge is 0.354 e. The molecule has 0 spiro atoms. The molecule has 0 unspecified atom stereocenters. The molecule has 0 aliphatic heterocycles. The van der Waals surface area contributed by atoms with Crippen LogP contribution >= 0.6 is 0 Å². The van der Waals surface area contributed by atoms with E-state index < -0.39 is 5.92 Å². The Balaban J connectivity index is 0.00000172. The van der Waals surface area contributed by atoms with E-state index >= 15 is 0 Å². The first-order chi connectivity index (χ1) is 18.7. The Hall–Kier alpha value is -4.73. The standard InChI is InChI=1S/C27H24F2N8.C2H6/c1-15-7-8-18(36-17(3)22-16(2)20(9-11-30-22)27(4,28)29)12-21(15)37-25-19(6-5-10-31-25)23-24-26(34-13-32-23)35-14-33-24;1-2/h5-14,36H,3H2,1-2,4H3,(H,31,37)(H,32,33,34,35);1-2H3. The summed E-state index contributed by atoms with van der Waals surface area (Å²) in [5.41, 5.74) is 6.31. The summed E-state index contributed by atoms with van der Waals surface area (Å²) < 4.78 is 28.0. The van der Waals surface area contributed by atoms with Gasteiger partial charge in [0.05, 0.1) is 17.7 Å². The normalized spacial score (nSPS) is 11.1. The summed E-state index contributed by atoms with van der Waals surface area (Å²) in [7, 11) is 0. The summed E-state index contributed by atoms with van der Waals surface area (Å²) in [6, 6.07) is 10.8. The Kier molecular flexibility index (Phi) is 7.94. The van der Waals surface area contributed by atoms with Crippen LogP contribution < -0.4 is 10.6 Å². The average Bonchev–Trinajstić information content (AvgIpc) is 3.41. The maximum atomic E-state index is 14.0. The Bertz CT molecular complexity index is 1620. The van der Waals surface area contributed by atoms with E-state index in [4.69, 9.17) is 0 Å². The molecule has 0 saturated carbocycles. The van der Waals surface area contributed by atoms with Gasteiger partial charge in [-0.25, -0.2) is 28.7 Å². The number of hydrogen-bond acceptors (Lipinski definition) is 7. The highest BCUT2D eigenvalue weighted by Gasteiger charge is 2.28. The van der Waals surface area contributed by atoms with Gasteiger partial charge in [-0.15, -0.1) is 0 Å². The van der Waals surface area contributed by atoms with Gasteiger partial charge in [0.25, 0.3) is 5.92 Å². The Morgan fingerprint density at radius 1 is 0.974 bits per heavy atom. The van der Waals surface area contributed by atoms with E-state index in [1.807, 2.05) is 51.1 Å². The van der Waals surface area contributed by atoms with Gasteiger partial charge in [0.2, 0.25) is 0 Å². The van der Waals surface area contributed by atoms with E-state index in [0.29, 0.717) is 45.3 Å². The van der Waals surface area contributed by atoms with Crippen LogP contribution in [0.5, 0.6) is 0 Å². The highest BCUT2D eigenvalue weighted by Crippen LogP contribution is 2.34. The number of nitrogens with zero attached hydrogens (tertiary/aromatic N) is 5. The predicted molar refractivity (Wildman–Crippen MR) is 152 cm³/mol. The number of nitrogens with one attached hydrogen (secondary N) is 3. The SMILES string of the molecule is C=C(Nc1ccc(C)c(Nc2ncccc2-c2ncnc3nc[nH]c23)c1)c1nccc(C(C)(F)F)c1C.CC. The molecule has 8 nitrogen and oxygen atoms in total. The minimum absolute atomic E-state index is 0.0783. The average molecular weight is 529 g/mol. The van der Waals surface area contributed by atoms with Crippen molar-refractivity contribution in [3.8, 4) is 11.3 Å². The highest BCUT2D eigenvalue weighted by molar-refractivity contribution is 5.91. The molecule has 0 saturated heterocycles. The van der Waals surface area contributed by atoms with Crippen molar-refractivity contribution < 1.29 is 8.78 Å². The van der Waals surface area contributed by atoms with Crippen LogP contribution in [0.1, 0.15) is 43.2 Å². The molecule has 5 aromatic rings. The van der Waals surface area contributed by atoms with Gasteiger partial charge in [0, 0.05) is 41.8 Å². The lowest BCUT2D eigenvalue weighted by Crippen LogP contribution is -2.12.